The van der Waals surface area contributed by atoms with E-state index >= 15 is 0 Å². The first-order chi connectivity index (χ1) is 20.2. The van der Waals surface area contributed by atoms with Crippen LogP contribution in [0.4, 0.5) is 0 Å². The van der Waals surface area contributed by atoms with E-state index in [0.29, 0.717) is 19.3 Å². The first-order valence-electron chi connectivity index (χ1n) is 15.6. The predicted octanol–water partition coefficient (Wildman–Crippen LogP) is 1.60. The molecule has 4 aliphatic carbocycles. The zero-order valence-corrected chi connectivity index (χ0v) is 25.3. The van der Waals surface area contributed by atoms with Crippen molar-refractivity contribution in [3.63, 3.8) is 0 Å². The van der Waals surface area contributed by atoms with E-state index in [1.807, 2.05) is 0 Å². The highest BCUT2D eigenvalue weighted by molar-refractivity contribution is 5.85. The molecule has 0 aromatic rings. The summed E-state index contributed by atoms with van der Waals surface area (Å²) in [5, 5.41) is 40.1. The lowest BCUT2D eigenvalue weighted by Gasteiger charge is -2.62. The van der Waals surface area contributed by atoms with Crippen LogP contribution in [0.5, 0.6) is 0 Å². The smallest absolute Gasteiger partial charge is 0.335 e. The van der Waals surface area contributed by atoms with Crippen molar-refractivity contribution in [3.8, 4) is 0 Å². The molecule has 0 bridgehead atoms. The van der Waals surface area contributed by atoms with E-state index in [9.17, 15) is 39.6 Å². The lowest BCUT2D eigenvalue weighted by molar-refractivity contribution is -0.310. The molecule has 12 nitrogen and oxygen atoms in total. The molecule has 0 aromatic heterocycles. The molecule has 0 spiro atoms. The molecule has 242 valence electrons. The summed E-state index contributed by atoms with van der Waals surface area (Å²) < 4.78 is 22.6. The van der Waals surface area contributed by atoms with E-state index < -0.39 is 42.6 Å². The second-order valence-corrected chi connectivity index (χ2v) is 14.1. The lowest BCUT2D eigenvalue weighted by Crippen LogP contribution is -2.62. The van der Waals surface area contributed by atoms with E-state index in [1.54, 1.807) is 0 Å². The maximum absolute atomic E-state index is 13.2. The van der Waals surface area contributed by atoms with Gasteiger partial charge in [-0.1, -0.05) is 13.8 Å². The van der Waals surface area contributed by atoms with Gasteiger partial charge in [0.25, 0.3) is 0 Å². The maximum atomic E-state index is 13.2. The van der Waals surface area contributed by atoms with Crippen molar-refractivity contribution in [1.82, 2.24) is 0 Å². The van der Waals surface area contributed by atoms with Crippen LogP contribution in [0.3, 0.4) is 0 Å². The first kappa shape index (κ1) is 32.3. The highest BCUT2D eigenvalue weighted by Gasteiger charge is 2.65. The van der Waals surface area contributed by atoms with Crippen LogP contribution < -0.4 is 0 Å². The zero-order valence-electron chi connectivity index (χ0n) is 25.3. The van der Waals surface area contributed by atoms with Crippen molar-refractivity contribution in [3.05, 3.63) is 0 Å². The van der Waals surface area contributed by atoms with E-state index in [0.717, 1.165) is 32.1 Å². The lowest BCUT2D eigenvalue weighted by atomic mass is 9.43. The van der Waals surface area contributed by atoms with Crippen molar-refractivity contribution in [2.45, 2.75) is 122 Å². The number of ketones is 1. The Morgan fingerprint density at radius 3 is 2.26 bits per heavy atom. The number of carbonyl (C=O) groups is 4. The minimum Gasteiger partial charge on any atom is -0.479 e. The summed E-state index contributed by atoms with van der Waals surface area (Å²) in [5.41, 5.74) is -0.558. The van der Waals surface area contributed by atoms with Gasteiger partial charge in [0, 0.05) is 25.7 Å². The van der Waals surface area contributed by atoms with E-state index in [2.05, 4.69) is 13.8 Å². The number of aliphatic carboxylic acids is 1. The Morgan fingerprint density at radius 2 is 1.60 bits per heavy atom. The quantitative estimate of drug-likeness (QED) is 0.241. The Bertz CT molecular complexity index is 1110. The number of carboxylic acid groups (broad SMARTS) is 1. The topological polar surface area (TPSA) is 186 Å². The molecule has 5 rings (SSSR count). The number of esters is 2. The van der Waals surface area contributed by atoms with Crippen molar-refractivity contribution >= 4 is 23.7 Å². The summed E-state index contributed by atoms with van der Waals surface area (Å²) in [7, 11) is 0. The van der Waals surface area contributed by atoms with Crippen LogP contribution in [0.2, 0.25) is 0 Å². The number of rotatable bonds is 7. The molecule has 4 saturated carbocycles. The van der Waals surface area contributed by atoms with Gasteiger partial charge in [0.2, 0.25) is 0 Å². The third-order valence-corrected chi connectivity index (χ3v) is 11.8. The summed E-state index contributed by atoms with van der Waals surface area (Å²) in [6.45, 7) is 6.86. The first-order valence-corrected chi connectivity index (χ1v) is 15.6. The molecule has 1 heterocycles. The second kappa shape index (κ2) is 12.0. The van der Waals surface area contributed by atoms with Crippen LogP contribution in [0.25, 0.3) is 0 Å². The number of hydrogen-bond acceptors (Lipinski definition) is 11. The summed E-state index contributed by atoms with van der Waals surface area (Å²) in [6.07, 6.45) is -3.00. The van der Waals surface area contributed by atoms with Crippen LogP contribution in [0, 0.1) is 40.4 Å². The molecule has 14 atom stereocenters. The molecule has 4 N–H and O–H groups in total. The van der Waals surface area contributed by atoms with Gasteiger partial charge in [0.15, 0.2) is 18.2 Å². The predicted molar refractivity (Wildman–Crippen MR) is 147 cm³/mol. The van der Waals surface area contributed by atoms with Crippen LogP contribution >= 0.6 is 0 Å². The average molecular weight is 611 g/mol. The standard InChI is InChI=1S/C31H46O12/c1-14(32)40-13-21(34)20-8-7-19-18-6-5-16-11-17(42-29-26(37)24(35)25(36)27(43-29)28(38)39)9-10-30(16,3)23(18)22(41-15(2)33)12-31(19,20)4/h16-20,22-27,29,35-37H,5-13H2,1-4H3,(H,38,39)/t16-,17-,18-,19-,20+,22+,23+,24-,25-,26+,27-,29?,30-,31-/m0/s1. The number of carboxylic acids is 1. The number of ether oxygens (including phenoxy) is 4. The summed E-state index contributed by atoms with van der Waals surface area (Å²) >= 11 is 0. The minimum absolute atomic E-state index is 0.0762. The van der Waals surface area contributed by atoms with Crippen LogP contribution in [-0.2, 0) is 38.1 Å². The summed E-state index contributed by atoms with van der Waals surface area (Å²) in [5.74, 6) is -1.83. The summed E-state index contributed by atoms with van der Waals surface area (Å²) in [4.78, 5) is 48.5. The SMILES string of the molecule is CC(=O)OCC(=O)[C@H]1CC[C@H]2[C@@H]3CC[C@H]4C[C@@H](OC5O[C@H](C(=O)O)[C@@H](O)[C@H](O)[C@H]5O)CC[C@]4(C)[C@H]3[C@H](OC(C)=O)C[C@]12C. The van der Waals surface area contributed by atoms with Crippen molar-refractivity contribution < 1.29 is 58.6 Å². The highest BCUT2D eigenvalue weighted by atomic mass is 16.7. The van der Waals surface area contributed by atoms with Gasteiger partial charge in [-0.3, -0.25) is 14.4 Å². The van der Waals surface area contributed by atoms with Gasteiger partial charge in [0.05, 0.1) is 6.10 Å². The van der Waals surface area contributed by atoms with Crippen LogP contribution in [0.15, 0.2) is 0 Å². The van der Waals surface area contributed by atoms with E-state index in [1.165, 1.54) is 13.8 Å². The second-order valence-electron chi connectivity index (χ2n) is 14.1. The molecular formula is C31H46O12. The van der Waals surface area contributed by atoms with Crippen molar-refractivity contribution in [2.75, 3.05) is 6.61 Å². The molecule has 5 fully saturated rings. The number of aliphatic hydroxyl groups excluding tert-OH is 3. The van der Waals surface area contributed by atoms with Gasteiger partial charge in [0.1, 0.15) is 31.0 Å². The molecule has 5 aliphatic rings. The van der Waals surface area contributed by atoms with Gasteiger partial charge in [-0.15, -0.1) is 0 Å². The van der Waals surface area contributed by atoms with E-state index in [4.69, 9.17) is 18.9 Å². The highest BCUT2D eigenvalue weighted by Crippen LogP contribution is 2.68. The van der Waals surface area contributed by atoms with Gasteiger partial charge < -0.3 is 39.4 Å². The fourth-order valence-corrected chi connectivity index (χ4v) is 9.91. The van der Waals surface area contributed by atoms with Crippen molar-refractivity contribution in [1.29, 1.82) is 0 Å². The molecule has 43 heavy (non-hydrogen) atoms. The third-order valence-electron chi connectivity index (χ3n) is 11.8. The Kier molecular flexibility index (Phi) is 9.01. The molecule has 1 saturated heterocycles. The van der Waals surface area contributed by atoms with Crippen LogP contribution in [0.1, 0.15) is 79.1 Å². The average Bonchev–Trinajstić information content (AvgIpc) is 3.28. The normalized spacial score (nSPS) is 47.4. The Balaban J connectivity index is 1.33. The van der Waals surface area contributed by atoms with Gasteiger partial charge in [-0.2, -0.15) is 0 Å². The van der Waals surface area contributed by atoms with Gasteiger partial charge in [-0.25, -0.2) is 4.79 Å². The summed E-state index contributed by atoms with van der Waals surface area (Å²) in [6, 6.07) is 0. The Labute approximate surface area is 251 Å². The fourth-order valence-electron chi connectivity index (χ4n) is 9.91. The Hall–Kier alpha value is -2.12. The Morgan fingerprint density at radius 1 is 0.884 bits per heavy atom. The van der Waals surface area contributed by atoms with E-state index in [-0.39, 0.29) is 71.0 Å². The molecule has 0 amide bonds. The largest absolute Gasteiger partial charge is 0.479 e. The molecule has 12 heteroatoms. The van der Waals surface area contributed by atoms with Crippen molar-refractivity contribution in [2.24, 2.45) is 40.4 Å². The molecular weight excluding hydrogens is 564 g/mol. The third kappa shape index (κ3) is 5.74. The maximum Gasteiger partial charge on any atom is 0.335 e. The number of aliphatic hydroxyl groups is 3. The molecule has 1 aliphatic heterocycles. The number of fused-ring (bicyclic) bond motifs is 5. The number of hydrogen-bond donors (Lipinski definition) is 4. The van der Waals surface area contributed by atoms with Gasteiger partial charge in [-0.05, 0) is 80.0 Å². The minimum atomic E-state index is -1.78. The number of Topliss-reactive ketones (excluding diaryl/α,β-unsaturated/α-hetero) is 1. The molecule has 1 unspecified atom stereocenters. The van der Waals surface area contributed by atoms with Crippen LogP contribution in [-0.4, -0.2) is 93.6 Å². The van der Waals surface area contributed by atoms with Gasteiger partial charge >= 0.3 is 17.9 Å². The number of carbonyl (C=O) groups excluding carboxylic acids is 3. The molecule has 0 aromatic carbocycles. The molecule has 0 radical (unpaired) electrons. The zero-order chi connectivity index (χ0) is 31.4. The fraction of sp³-hybridized carbons (Fsp3) is 0.871. The monoisotopic (exact) mass is 610 g/mol.